The molecule has 106 valence electrons. The number of nitrogens with one attached hydrogen (secondary N) is 1. The third-order valence-electron chi connectivity index (χ3n) is 2.81. The Kier molecular flexibility index (Phi) is 4.52. The van der Waals surface area contributed by atoms with E-state index in [1.54, 1.807) is 19.1 Å². The van der Waals surface area contributed by atoms with E-state index in [2.05, 4.69) is 10.3 Å². The summed E-state index contributed by atoms with van der Waals surface area (Å²) in [6, 6.07) is 5.08. The zero-order chi connectivity index (χ0) is 14.9. The molecule has 2 rings (SSSR count). The SMILES string of the molecule is Cc1nc(N)sc1C(=O)NC(C)c1ccc(Cl)c(Cl)c1. The Balaban J connectivity index is 2.14. The molecule has 1 amide bonds. The summed E-state index contributed by atoms with van der Waals surface area (Å²) in [6.45, 7) is 3.63. The molecule has 0 aliphatic carbocycles. The van der Waals surface area contributed by atoms with Gasteiger partial charge in [0.2, 0.25) is 0 Å². The van der Waals surface area contributed by atoms with Crippen LogP contribution in [0.1, 0.15) is 33.9 Å². The van der Waals surface area contributed by atoms with Crippen molar-refractivity contribution in [2.45, 2.75) is 19.9 Å². The van der Waals surface area contributed by atoms with Gasteiger partial charge in [-0.2, -0.15) is 0 Å². The summed E-state index contributed by atoms with van der Waals surface area (Å²) in [7, 11) is 0. The monoisotopic (exact) mass is 329 g/mol. The summed E-state index contributed by atoms with van der Waals surface area (Å²) in [5.41, 5.74) is 7.10. The number of thiazole rings is 1. The van der Waals surface area contributed by atoms with Crippen LogP contribution in [0.3, 0.4) is 0 Å². The molecule has 0 saturated heterocycles. The lowest BCUT2D eigenvalue weighted by molar-refractivity contribution is 0.0943. The summed E-state index contributed by atoms with van der Waals surface area (Å²) >= 11 is 13.0. The van der Waals surface area contributed by atoms with Crippen LogP contribution in [-0.4, -0.2) is 10.9 Å². The van der Waals surface area contributed by atoms with Gasteiger partial charge in [0.25, 0.3) is 5.91 Å². The van der Waals surface area contributed by atoms with E-state index >= 15 is 0 Å². The van der Waals surface area contributed by atoms with Gasteiger partial charge in [0.15, 0.2) is 5.13 Å². The lowest BCUT2D eigenvalue weighted by atomic mass is 10.1. The molecule has 20 heavy (non-hydrogen) atoms. The second kappa shape index (κ2) is 5.99. The number of nitrogens with two attached hydrogens (primary N) is 1. The molecule has 2 aromatic rings. The van der Waals surface area contributed by atoms with E-state index in [4.69, 9.17) is 28.9 Å². The summed E-state index contributed by atoms with van der Waals surface area (Å²) in [6.07, 6.45) is 0. The first kappa shape index (κ1) is 15.1. The molecule has 0 aliphatic rings. The van der Waals surface area contributed by atoms with Gasteiger partial charge in [-0.3, -0.25) is 4.79 Å². The van der Waals surface area contributed by atoms with Crippen molar-refractivity contribution >= 4 is 45.6 Å². The second-order valence-electron chi connectivity index (χ2n) is 4.34. The fraction of sp³-hybridized carbons (Fsp3) is 0.231. The molecule has 0 fully saturated rings. The molecule has 1 aromatic heterocycles. The Morgan fingerprint density at radius 1 is 1.40 bits per heavy atom. The van der Waals surface area contributed by atoms with Crippen molar-refractivity contribution in [1.82, 2.24) is 10.3 Å². The molecule has 0 saturated carbocycles. The van der Waals surface area contributed by atoms with Crippen LogP contribution in [-0.2, 0) is 0 Å². The van der Waals surface area contributed by atoms with Gasteiger partial charge in [-0.15, -0.1) is 0 Å². The molecule has 1 aromatic carbocycles. The van der Waals surface area contributed by atoms with Crippen LogP contribution >= 0.6 is 34.5 Å². The highest BCUT2D eigenvalue weighted by molar-refractivity contribution is 7.17. The zero-order valence-corrected chi connectivity index (χ0v) is 13.2. The molecule has 1 atom stereocenters. The number of benzene rings is 1. The lowest BCUT2D eigenvalue weighted by Gasteiger charge is -2.14. The van der Waals surface area contributed by atoms with Crippen molar-refractivity contribution in [3.63, 3.8) is 0 Å². The predicted octanol–water partition coefficient (Wildman–Crippen LogP) is 3.83. The molecule has 7 heteroatoms. The first-order valence-electron chi connectivity index (χ1n) is 5.87. The number of nitrogens with zero attached hydrogens (tertiary/aromatic N) is 1. The van der Waals surface area contributed by atoms with Crippen LogP contribution in [0.15, 0.2) is 18.2 Å². The first-order chi connectivity index (χ1) is 9.38. The van der Waals surface area contributed by atoms with E-state index in [1.165, 1.54) is 11.3 Å². The summed E-state index contributed by atoms with van der Waals surface area (Å²) < 4.78 is 0. The van der Waals surface area contributed by atoms with E-state index in [-0.39, 0.29) is 11.9 Å². The Bertz CT molecular complexity index is 657. The Labute approximate surface area is 130 Å². The summed E-state index contributed by atoms with van der Waals surface area (Å²) in [5.74, 6) is -0.199. The highest BCUT2D eigenvalue weighted by Gasteiger charge is 2.17. The van der Waals surface area contributed by atoms with Crippen LogP contribution in [0.25, 0.3) is 0 Å². The maximum atomic E-state index is 12.2. The Morgan fingerprint density at radius 2 is 2.10 bits per heavy atom. The minimum absolute atomic E-state index is 0.194. The van der Waals surface area contributed by atoms with Gasteiger partial charge in [-0.25, -0.2) is 4.98 Å². The largest absolute Gasteiger partial charge is 0.375 e. The summed E-state index contributed by atoms with van der Waals surface area (Å²) in [4.78, 5) is 16.7. The average molecular weight is 330 g/mol. The van der Waals surface area contributed by atoms with E-state index in [9.17, 15) is 4.79 Å². The van der Waals surface area contributed by atoms with Gasteiger partial charge >= 0.3 is 0 Å². The third-order valence-corrected chi connectivity index (χ3v) is 4.54. The van der Waals surface area contributed by atoms with E-state index in [0.29, 0.717) is 25.7 Å². The standard InChI is InChI=1S/C13H13Cl2N3OS/c1-6(8-3-4-9(14)10(15)5-8)17-12(19)11-7(2)18-13(16)20-11/h3-6H,1-2H3,(H2,16,18)(H,17,19). The number of hydrogen-bond acceptors (Lipinski definition) is 4. The lowest BCUT2D eigenvalue weighted by Crippen LogP contribution is -2.26. The zero-order valence-electron chi connectivity index (χ0n) is 10.9. The molecule has 1 heterocycles. The topological polar surface area (TPSA) is 68.0 Å². The number of rotatable bonds is 3. The van der Waals surface area contributed by atoms with Gasteiger partial charge in [-0.1, -0.05) is 40.6 Å². The average Bonchev–Trinajstić information content (AvgIpc) is 2.71. The van der Waals surface area contributed by atoms with E-state index in [1.807, 2.05) is 13.0 Å². The first-order valence-corrected chi connectivity index (χ1v) is 7.44. The van der Waals surface area contributed by atoms with Crippen molar-refractivity contribution in [2.75, 3.05) is 5.73 Å². The van der Waals surface area contributed by atoms with Gasteiger partial charge in [0.1, 0.15) is 4.88 Å². The smallest absolute Gasteiger partial charge is 0.263 e. The third kappa shape index (κ3) is 3.23. The number of anilines is 1. The fourth-order valence-electron chi connectivity index (χ4n) is 1.76. The molecule has 0 bridgehead atoms. The highest BCUT2D eigenvalue weighted by atomic mass is 35.5. The number of nitrogen functional groups attached to an aromatic ring is 1. The van der Waals surface area contributed by atoms with Crippen LogP contribution < -0.4 is 11.1 Å². The van der Waals surface area contributed by atoms with E-state index < -0.39 is 0 Å². The molecule has 0 spiro atoms. The van der Waals surface area contributed by atoms with Gasteiger partial charge in [-0.05, 0) is 31.5 Å². The van der Waals surface area contributed by atoms with Crippen molar-refractivity contribution in [1.29, 1.82) is 0 Å². The quantitative estimate of drug-likeness (QED) is 0.899. The van der Waals surface area contributed by atoms with Crippen molar-refractivity contribution < 1.29 is 4.79 Å². The number of carbonyl (C=O) groups is 1. The maximum Gasteiger partial charge on any atom is 0.263 e. The molecule has 3 N–H and O–H groups in total. The van der Waals surface area contributed by atoms with Crippen molar-refractivity contribution in [3.05, 3.63) is 44.4 Å². The molecular weight excluding hydrogens is 317 g/mol. The molecular formula is C13H13Cl2N3OS. The minimum atomic E-state index is -0.199. The molecule has 4 nitrogen and oxygen atoms in total. The predicted molar refractivity (Wildman–Crippen MR) is 83.6 cm³/mol. The van der Waals surface area contributed by atoms with Crippen LogP contribution in [0.2, 0.25) is 10.0 Å². The number of halogens is 2. The Morgan fingerprint density at radius 3 is 2.65 bits per heavy atom. The number of amides is 1. The van der Waals surface area contributed by atoms with Crippen LogP contribution in [0.5, 0.6) is 0 Å². The van der Waals surface area contributed by atoms with Crippen LogP contribution in [0, 0.1) is 6.92 Å². The van der Waals surface area contributed by atoms with E-state index in [0.717, 1.165) is 5.56 Å². The number of hydrogen-bond donors (Lipinski definition) is 2. The number of aryl methyl sites for hydroxylation is 1. The van der Waals surface area contributed by atoms with Crippen molar-refractivity contribution in [2.24, 2.45) is 0 Å². The molecule has 1 unspecified atom stereocenters. The van der Waals surface area contributed by atoms with Crippen LogP contribution in [0.4, 0.5) is 5.13 Å². The second-order valence-corrected chi connectivity index (χ2v) is 6.18. The maximum absolute atomic E-state index is 12.2. The number of carbonyl (C=O) groups excluding carboxylic acids is 1. The normalized spacial score (nSPS) is 12.2. The fourth-order valence-corrected chi connectivity index (χ4v) is 2.80. The highest BCUT2D eigenvalue weighted by Crippen LogP contribution is 2.26. The minimum Gasteiger partial charge on any atom is -0.375 e. The molecule has 0 aliphatic heterocycles. The van der Waals surface area contributed by atoms with Gasteiger partial charge < -0.3 is 11.1 Å². The van der Waals surface area contributed by atoms with Gasteiger partial charge in [0, 0.05) is 0 Å². The summed E-state index contributed by atoms with van der Waals surface area (Å²) in [5, 5.41) is 4.22. The molecule has 0 radical (unpaired) electrons. The Hall–Kier alpha value is -1.30. The number of aromatic nitrogens is 1. The van der Waals surface area contributed by atoms with Gasteiger partial charge in [0.05, 0.1) is 21.8 Å². The van der Waals surface area contributed by atoms with Crippen molar-refractivity contribution in [3.8, 4) is 0 Å².